The molecular formula is C13H25N3O4. The van der Waals surface area contributed by atoms with Gasteiger partial charge in [-0.2, -0.15) is 0 Å². The van der Waals surface area contributed by atoms with Crippen LogP contribution in [0.1, 0.15) is 19.3 Å². The fourth-order valence-electron chi connectivity index (χ4n) is 2.25. The van der Waals surface area contributed by atoms with Crippen LogP contribution in [-0.4, -0.2) is 79.9 Å². The summed E-state index contributed by atoms with van der Waals surface area (Å²) in [6, 6.07) is -0.966. The average molecular weight is 287 g/mol. The van der Waals surface area contributed by atoms with Crippen LogP contribution in [0.3, 0.4) is 0 Å². The summed E-state index contributed by atoms with van der Waals surface area (Å²) < 4.78 is 4.97. The molecule has 2 N–H and O–H groups in total. The van der Waals surface area contributed by atoms with Gasteiger partial charge in [0.25, 0.3) is 0 Å². The van der Waals surface area contributed by atoms with Gasteiger partial charge in [0.15, 0.2) is 0 Å². The molecule has 1 heterocycles. The number of likely N-dealkylation sites (tertiary alicyclic amines) is 1. The van der Waals surface area contributed by atoms with Crippen LogP contribution in [0.15, 0.2) is 0 Å². The molecule has 0 aliphatic carbocycles. The number of piperidine rings is 1. The summed E-state index contributed by atoms with van der Waals surface area (Å²) in [5.41, 5.74) is 0. The first-order chi connectivity index (χ1) is 9.56. The fourth-order valence-corrected chi connectivity index (χ4v) is 2.25. The number of aliphatic carboxylic acids is 1. The number of carboxylic acids is 1. The van der Waals surface area contributed by atoms with E-state index < -0.39 is 12.0 Å². The second-order valence-electron chi connectivity index (χ2n) is 5.07. The Morgan fingerprint density at radius 1 is 1.40 bits per heavy atom. The van der Waals surface area contributed by atoms with Gasteiger partial charge in [-0.3, -0.25) is 0 Å². The number of ether oxygens (including phenoxy) is 1. The number of hydrogen-bond acceptors (Lipinski definition) is 4. The van der Waals surface area contributed by atoms with Crippen molar-refractivity contribution in [1.82, 2.24) is 15.1 Å². The molecule has 1 unspecified atom stereocenters. The zero-order valence-corrected chi connectivity index (χ0v) is 12.3. The van der Waals surface area contributed by atoms with Crippen molar-refractivity contribution in [3.05, 3.63) is 0 Å². The summed E-state index contributed by atoms with van der Waals surface area (Å²) in [5.74, 6) is -0.919. The van der Waals surface area contributed by atoms with E-state index in [-0.39, 0.29) is 6.03 Å². The highest BCUT2D eigenvalue weighted by molar-refractivity contribution is 5.82. The van der Waals surface area contributed by atoms with Crippen molar-refractivity contribution in [3.8, 4) is 0 Å². The second-order valence-corrected chi connectivity index (χ2v) is 5.07. The average Bonchev–Trinajstić information content (AvgIpc) is 2.44. The van der Waals surface area contributed by atoms with Gasteiger partial charge in [0.2, 0.25) is 0 Å². The standard InChI is InChI=1S/C13H25N3O4/c1-15(9-10-20-2)8-6-14-13(19)16-7-4-3-5-11(16)12(17)18/h11H,3-10H2,1-2H3,(H,14,19)(H,17,18). The Hall–Kier alpha value is -1.34. The maximum absolute atomic E-state index is 12.0. The van der Waals surface area contributed by atoms with Gasteiger partial charge in [-0.05, 0) is 26.3 Å². The van der Waals surface area contributed by atoms with E-state index in [9.17, 15) is 9.59 Å². The van der Waals surface area contributed by atoms with Crippen LogP contribution >= 0.6 is 0 Å². The first kappa shape index (κ1) is 16.7. The van der Waals surface area contributed by atoms with Crippen LogP contribution in [-0.2, 0) is 9.53 Å². The van der Waals surface area contributed by atoms with Crippen molar-refractivity contribution in [2.24, 2.45) is 0 Å². The molecule has 116 valence electrons. The Morgan fingerprint density at radius 3 is 2.80 bits per heavy atom. The molecule has 20 heavy (non-hydrogen) atoms. The molecule has 1 rings (SSSR count). The smallest absolute Gasteiger partial charge is 0.326 e. The molecule has 1 atom stereocenters. The van der Waals surface area contributed by atoms with Gasteiger partial charge in [0.1, 0.15) is 6.04 Å². The summed E-state index contributed by atoms with van der Waals surface area (Å²) in [5, 5.41) is 11.9. The summed E-state index contributed by atoms with van der Waals surface area (Å²) in [6.45, 7) is 3.18. The number of rotatable bonds is 7. The minimum Gasteiger partial charge on any atom is -0.480 e. The molecule has 7 nitrogen and oxygen atoms in total. The lowest BCUT2D eigenvalue weighted by Gasteiger charge is -2.33. The van der Waals surface area contributed by atoms with Gasteiger partial charge < -0.3 is 25.0 Å². The van der Waals surface area contributed by atoms with Gasteiger partial charge >= 0.3 is 12.0 Å². The Bertz CT molecular complexity index is 325. The molecule has 0 bridgehead atoms. The number of amides is 2. The summed E-state index contributed by atoms with van der Waals surface area (Å²) in [7, 11) is 3.60. The lowest BCUT2D eigenvalue weighted by molar-refractivity contribution is -0.143. The Labute approximate surface area is 119 Å². The Balaban J connectivity index is 2.32. The largest absolute Gasteiger partial charge is 0.480 e. The third-order valence-electron chi connectivity index (χ3n) is 3.50. The predicted octanol–water partition coefficient (Wildman–Crippen LogP) is 0.213. The quantitative estimate of drug-likeness (QED) is 0.699. The van der Waals surface area contributed by atoms with E-state index in [4.69, 9.17) is 9.84 Å². The van der Waals surface area contributed by atoms with E-state index >= 15 is 0 Å². The molecule has 7 heteroatoms. The minimum absolute atomic E-state index is 0.280. The predicted molar refractivity (Wildman–Crippen MR) is 74.8 cm³/mol. The summed E-state index contributed by atoms with van der Waals surface area (Å²) in [4.78, 5) is 26.6. The highest BCUT2D eigenvalue weighted by Crippen LogP contribution is 2.17. The van der Waals surface area contributed by atoms with Gasteiger partial charge in [-0.1, -0.05) is 0 Å². The number of carboxylic acid groups (broad SMARTS) is 1. The van der Waals surface area contributed by atoms with E-state index in [0.717, 1.165) is 19.4 Å². The summed E-state index contributed by atoms with van der Waals surface area (Å²) in [6.07, 6.45) is 2.27. The number of methoxy groups -OCH3 is 1. The van der Waals surface area contributed by atoms with E-state index in [1.165, 1.54) is 4.90 Å². The maximum Gasteiger partial charge on any atom is 0.326 e. The highest BCUT2D eigenvalue weighted by atomic mass is 16.5. The molecule has 0 aromatic rings. The van der Waals surface area contributed by atoms with E-state index in [1.807, 2.05) is 7.05 Å². The Morgan fingerprint density at radius 2 is 2.15 bits per heavy atom. The number of likely N-dealkylation sites (N-methyl/N-ethyl adjacent to an activating group) is 1. The van der Waals surface area contributed by atoms with Crippen molar-refractivity contribution >= 4 is 12.0 Å². The van der Waals surface area contributed by atoms with Crippen LogP contribution in [0.2, 0.25) is 0 Å². The van der Waals surface area contributed by atoms with Gasteiger partial charge in [0.05, 0.1) is 6.61 Å². The number of carbonyl (C=O) groups excluding carboxylic acids is 1. The maximum atomic E-state index is 12.0. The minimum atomic E-state index is -0.919. The van der Waals surface area contributed by atoms with Gasteiger partial charge in [-0.15, -0.1) is 0 Å². The third-order valence-corrected chi connectivity index (χ3v) is 3.50. The first-order valence-electron chi connectivity index (χ1n) is 7.01. The van der Waals surface area contributed by atoms with Crippen LogP contribution in [0.25, 0.3) is 0 Å². The molecular weight excluding hydrogens is 262 g/mol. The third kappa shape index (κ3) is 5.34. The topological polar surface area (TPSA) is 82.1 Å². The molecule has 0 aromatic carbocycles. The molecule has 0 radical (unpaired) electrons. The Kier molecular flexibility index (Phi) is 7.32. The fraction of sp³-hybridized carbons (Fsp3) is 0.846. The monoisotopic (exact) mass is 287 g/mol. The van der Waals surface area contributed by atoms with Crippen molar-refractivity contribution in [3.63, 3.8) is 0 Å². The molecule has 2 amide bonds. The van der Waals surface area contributed by atoms with Crippen molar-refractivity contribution < 1.29 is 19.4 Å². The van der Waals surface area contributed by atoms with Crippen molar-refractivity contribution in [2.75, 3.05) is 46.9 Å². The van der Waals surface area contributed by atoms with E-state index in [2.05, 4.69) is 10.2 Å². The number of nitrogens with one attached hydrogen (secondary N) is 1. The molecule has 1 aliphatic rings. The van der Waals surface area contributed by atoms with Crippen LogP contribution in [0.5, 0.6) is 0 Å². The lowest BCUT2D eigenvalue weighted by Crippen LogP contribution is -2.52. The van der Waals surface area contributed by atoms with E-state index in [1.54, 1.807) is 7.11 Å². The lowest BCUT2D eigenvalue weighted by atomic mass is 10.0. The number of hydrogen-bond donors (Lipinski definition) is 2. The number of nitrogens with zero attached hydrogens (tertiary/aromatic N) is 2. The number of carbonyl (C=O) groups is 2. The SMILES string of the molecule is COCCN(C)CCNC(=O)N1CCCCC1C(=O)O. The van der Waals surface area contributed by atoms with E-state index in [0.29, 0.717) is 32.7 Å². The van der Waals surface area contributed by atoms with Crippen LogP contribution in [0.4, 0.5) is 4.79 Å². The number of urea groups is 1. The van der Waals surface area contributed by atoms with Crippen molar-refractivity contribution in [1.29, 1.82) is 0 Å². The molecule has 0 spiro atoms. The second kappa shape index (κ2) is 8.76. The molecule has 1 aliphatic heterocycles. The normalized spacial score (nSPS) is 19.1. The van der Waals surface area contributed by atoms with Crippen molar-refractivity contribution in [2.45, 2.75) is 25.3 Å². The molecule has 1 saturated heterocycles. The van der Waals surface area contributed by atoms with Gasteiger partial charge in [-0.25, -0.2) is 9.59 Å². The first-order valence-corrected chi connectivity index (χ1v) is 7.01. The van der Waals surface area contributed by atoms with Crippen LogP contribution in [0, 0.1) is 0 Å². The zero-order chi connectivity index (χ0) is 15.0. The summed E-state index contributed by atoms with van der Waals surface area (Å²) >= 11 is 0. The van der Waals surface area contributed by atoms with Gasteiger partial charge in [0, 0.05) is 33.3 Å². The molecule has 0 aromatic heterocycles. The molecule has 0 saturated carbocycles. The van der Waals surface area contributed by atoms with Crippen LogP contribution < -0.4 is 5.32 Å². The zero-order valence-electron chi connectivity index (χ0n) is 12.3. The highest BCUT2D eigenvalue weighted by Gasteiger charge is 2.31. The molecule has 1 fully saturated rings.